The predicted octanol–water partition coefficient (Wildman–Crippen LogP) is 4.97. The molecule has 0 atom stereocenters. The highest BCUT2D eigenvalue weighted by atomic mass is 127. The molecule has 0 unspecified atom stereocenters. The largest absolute Gasteiger partial charge is 0.305 e. The average Bonchev–Trinajstić information content (AvgIpc) is 2.42. The normalized spacial score (nSPS) is 11.1. The third-order valence-electron chi connectivity index (χ3n) is 2.85. The molecule has 0 N–H and O–H groups in total. The summed E-state index contributed by atoms with van der Waals surface area (Å²) in [6.07, 6.45) is 0. The van der Waals surface area contributed by atoms with E-state index in [-0.39, 0.29) is 0 Å². The first-order valence-corrected chi connectivity index (χ1v) is 8.24. The summed E-state index contributed by atoms with van der Waals surface area (Å²) in [5, 5.41) is 0. The van der Waals surface area contributed by atoms with E-state index in [1.807, 2.05) is 30.3 Å². The second-order valence-electron chi connectivity index (χ2n) is 4.83. The Balaban J connectivity index is 2.30. The van der Waals surface area contributed by atoms with Crippen LogP contribution in [0.1, 0.15) is 11.1 Å². The van der Waals surface area contributed by atoms with Crippen molar-refractivity contribution in [3.8, 4) is 0 Å². The van der Waals surface area contributed by atoms with Gasteiger partial charge in [-0.15, -0.1) is 0 Å². The van der Waals surface area contributed by atoms with Gasteiger partial charge in [0.1, 0.15) is 6.67 Å². The summed E-state index contributed by atoms with van der Waals surface area (Å²) < 4.78 is 14.2. The van der Waals surface area contributed by atoms with Crippen molar-refractivity contribution in [2.75, 3.05) is 14.1 Å². The second-order valence-corrected chi connectivity index (χ2v) is 7.16. The molecule has 4 heteroatoms. The van der Waals surface area contributed by atoms with Crippen molar-refractivity contribution in [2.45, 2.75) is 23.0 Å². The van der Waals surface area contributed by atoms with E-state index in [1.165, 1.54) is 10.5 Å². The SMILES string of the molecule is CN(C)Cc1ccccc1Sc1ccc(I)cc1CF. The van der Waals surface area contributed by atoms with Crippen molar-refractivity contribution in [3.05, 3.63) is 57.2 Å². The quantitative estimate of drug-likeness (QED) is 0.651. The van der Waals surface area contributed by atoms with Gasteiger partial charge in [-0.2, -0.15) is 0 Å². The zero-order valence-corrected chi connectivity index (χ0v) is 14.5. The Morgan fingerprint density at radius 3 is 2.45 bits per heavy atom. The Morgan fingerprint density at radius 2 is 1.75 bits per heavy atom. The number of hydrogen-bond donors (Lipinski definition) is 0. The maximum atomic E-state index is 13.2. The molecule has 0 saturated carbocycles. The highest BCUT2D eigenvalue weighted by Gasteiger charge is 2.09. The molecular formula is C16H17FINS. The Kier molecular flexibility index (Phi) is 5.86. The van der Waals surface area contributed by atoms with Crippen molar-refractivity contribution >= 4 is 34.4 Å². The number of hydrogen-bond acceptors (Lipinski definition) is 2. The zero-order valence-electron chi connectivity index (χ0n) is 11.6. The van der Waals surface area contributed by atoms with Gasteiger partial charge >= 0.3 is 0 Å². The molecule has 0 spiro atoms. The molecule has 0 radical (unpaired) electrons. The fourth-order valence-corrected chi connectivity index (χ4v) is 3.53. The fourth-order valence-electron chi connectivity index (χ4n) is 1.95. The van der Waals surface area contributed by atoms with E-state index < -0.39 is 6.67 Å². The number of rotatable bonds is 5. The average molecular weight is 401 g/mol. The molecule has 106 valence electrons. The summed E-state index contributed by atoms with van der Waals surface area (Å²) in [5.41, 5.74) is 2.03. The van der Waals surface area contributed by atoms with Gasteiger partial charge in [-0.25, -0.2) is 4.39 Å². The number of alkyl halides is 1. The highest BCUT2D eigenvalue weighted by Crippen LogP contribution is 2.34. The number of halogens is 2. The number of nitrogens with zero attached hydrogens (tertiary/aromatic N) is 1. The molecule has 0 fully saturated rings. The van der Waals surface area contributed by atoms with Gasteiger partial charge in [0.2, 0.25) is 0 Å². The molecule has 2 aromatic rings. The number of benzene rings is 2. The molecule has 2 aromatic carbocycles. The van der Waals surface area contributed by atoms with E-state index in [4.69, 9.17) is 0 Å². The summed E-state index contributed by atoms with van der Waals surface area (Å²) in [7, 11) is 4.11. The summed E-state index contributed by atoms with van der Waals surface area (Å²) in [5.74, 6) is 0. The van der Waals surface area contributed by atoms with Crippen LogP contribution in [0.4, 0.5) is 4.39 Å². The first-order valence-electron chi connectivity index (χ1n) is 6.35. The lowest BCUT2D eigenvalue weighted by molar-refractivity contribution is 0.399. The maximum absolute atomic E-state index is 13.2. The Hall–Kier alpha value is -0.590. The summed E-state index contributed by atoms with van der Waals surface area (Å²) in [6.45, 7) is 0.466. The van der Waals surface area contributed by atoms with E-state index in [1.54, 1.807) is 11.8 Å². The third kappa shape index (κ3) is 4.20. The van der Waals surface area contributed by atoms with Crippen LogP contribution in [0, 0.1) is 3.57 Å². The Bertz CT molecular complexity index is 586. The molecule has 20 heavy (non-hydrogen) atoms. The second kappa shape index (κ2) is 7.43. The minimum atomic E-state index is -0.422. The smallest absolute Gasteiger partial charge is 0.116 e. The van der Waals surface area contributed by atoms with Crippen molar-refractivity contribution in [1.82, 2.24) is 4.90 Å². The van der Waals surface area contributed by atoms with E-state index >= 15 is 0 Å². The lowest BCUT2D eigenvalue weighted by Gasteiger charge is -2.14. The summed E-state index contributed by atoms with van der Waals surface area (Å²) in [6, 6.07) is 14.3. The van der Waals surface area contributed by atoms with Gasteiger partial charge in [-0.3, -0.25) is 0 Å². The van der Waals surface area contributed by atoms with Gasteiger partial charge < -0.3 is 4.90 Å². The van der Waals surface area contributed by atoms with Crippen molar-refractivity contribution in [1.29, 1.82) is 0 Å². The molecule has 1 nitrogen and oxygen atoms in total. The third-order valence-corrected chi connectivity index (χ3v) is 4.75. The van der Waals surface area contributed by atoms with Crippen LogP contribution in [0.15, 0.2) is 52.3 Å². The summed E-state index contributed by atoms with van der Waals surface area (Å²) in [4.78, 5) is 4.33. The van der Waals surface area contributed by atoms with Gasteiger partial charge in [0.05, 0.1) is 0 Å². The molecular weight excluding hydrogens is 384 g/mol. The fraction of sp³-hybridized carbons (Fsp3) is 0.250. The first-order chi connectivity index (χ1) is 9.60. The molecule has 2 rings (SSSR count). The van der Waals surface area contributed by atoms with E-state index in [0.29, 0.717) is 0 Å². The molecule has 0 aliphatic rings. The van der Waals surface area contributed by atoms with Crippen molar-refractivity contribution in [3.63, 3.8) is 0 Å². The van der Waals surface area contributed by atoms with Crippen LogP contribution in [0.5, 0.6) is 0 Å². The zero-order chi connectivity index (χ0) is 14.5. The van der Waals surface area contributed by atoms with Gasteiger partial charge in [0, 0.05) is 19.9 Å². The Morgan fingerprint density at radius 1 is 1.05 bits per heavy atom. The molecule has 0 aromatic heterocycles. The van der Waals surface area contributed by atoms with E-state index in [0.717, 1.165) is 20.6 Å². The molecule has 0 aliphatic carbocycles. The van der Waals surface area contributed by atoms with Crippen LogP contribution in [-0.2, 0) is 13.2 Å². The van der Waals surface area contributed by atoms with Crippen LogP contribution in [0.3, 0.4) is 0 Å². The van der Waals surface area contributed by atoms with Crippen LogP contribution in [0.25, 0.3) is 0 Å². The van der Waals surface area contributed by atoms with Crippen molar-refractivity contribution in [2.24, 2.45) is 0 Å². The standard InChI is InChI=1S/C16H17FINS/c1-19(2)11-12-5-3-4-6-15(12)20-16-8-7-14(18)9-13(16)10-17/h3-9H,10-11H2,1-2H3. The first kappa shape index (κ1) is 15.8. The van der Waals surface area contributed by atoms with Crippen LogP contribution < -0.4 is 0 Å². The molecule has 0 amide bonds. The summed E-state index contributed by atoms with van der Waals surface area (Å²) >= 11 is 3.86. The monoisotopic (exact) mass is 401 g/mol. The maximum Gasteiger partial charge on any atom is 0.116 e. The molecule has 0 bridgehead atoms. The lowest BCUT2D eigenvalue weighted by atomic mass is 10.2. The van der Waals surface area contributed by atoms with Gasteiger partial charge in [-0.1, -0.05) is 30.0 Å². The molecule has 0 saturated heterocycles. The Labute approximate surface area is 137 Å². The van der Waals surface area contributed by atoms with Crippen molar-refractivity contribution < 1.29 is 4.39 Å². The minimum absolute atomic E-state index is 0.422. The van der Waals surface area contributed by atoms with Crippen LogP contribution in [0.2, 0.25) is 0 Å². The van der Waals surface area contributed by atoms with Gasteiger partial charge in [-0.05, 0) is 72.1 Å². The van der Waals surface area contributed by atoms with Gasteiger partial charge in [0.25, 0.3) is 0 Å². The topological polar surface area (TPSA) is 3.24 Å². The molecule has 0 heterocycles. The predicted molar refractivity (Wildman–Crippen MR) is 91.9 cm³/mol. The van der Waals surface area contributed by atoms with Crippen LogP contribution >= 0.6 is 34.4 Å². The van der Waals surface area contributed by atoms with E-state index in [9.17, 15) is 4.39 Å². The highest BCUT2D eigenvalue weighted by molar-refractivity contribution is 14.1. The van der Waals surface area contributed by atoms with E-state index in [2.05, 4.69) is 53.7 Å². The van der Waals surface area contributed by atoms with Crippen LogP contribution in [-0.4, -0.2) is 19.0 Å². The molecule has 0 aliphatic heterocycles. The lowest BCUT2D eigenvalue weighted by Crippen LogP contribution is -2.11. The van der Waals surface area contributed by atoms with Gasteiger partial charge in [0.15, 0.2) is 0 Å². The minimum Gasteiger partial charge on any atom is -0.305 e.